The second kappa shape index (κ2) is 5.27. The molecular weight excluding hydrogens is 208 g/mol. The van der Waals surface area contributed by atoms with Crippen molar-refractivity contribution in [2.75, 3.05) is 13.1 Å². The lowest BCUT2D eigenvalue weighted by Crippen LogP contribution is -2.62. The van der Waals surface area contributed by atoms with Gasteiger partial charge in [-0.25, -0.2) is 0 Å². The Labute approximate surface area is 107 Å². The lowest BCUT2D eigenvalue weighted by atomic mass is 9.66. The van der Waals surface area contributed by atoms with Gasteiger partial charge in [0, 0.05) is 18.1 Å². The lowest BCUT2D eigenvalue weighted by molar-refractivity contribution is -0.0183. The second-order valence-corrected chi connectivity index (χ2v) is 6.59. The van der Waals surface area contributed by atoms with Crippen LogP contribution in [0.15, 0.2) is 0 Å². The summed E-state index contributed by atoms with van der Waals surface area (Å²) in [6.45, 7) is 9.32. The first kappa shape index (κ1) is 13.4. The van der Waals surface area contributed by atoms with Gasteiger partial charge in [0.05, 0.1) is 0 Å². The predicted octanol–water partition coefficient (Wildman–Crippen LogP) is 3.01. The fourth-order valence-electron chi connectivity index (χ4n) is 4.53. The molecule has 2 heteroatoms. The van der Waals surface area contributed by atoms with Crippen LogP contribution in [0.3, 0.4) is 0 Å². The molecule has 0 radical (unpaired) electrons. The van der Waals surface area contributed by atoms with Crippen LogP contribution in [0.4, 0.5) is 0 Å². The van der Waals surface area contributed by atoms with Crippen LogP contribution in [0, 0.1) is 11.8 Å². The second-order valence-electron chi connectivity index (χ2n) is 6.59. The van der Waals surface area contributed by atoms with Crippen LogP contribution in [0.25, 0.3) is 0 Å². The fourth-order valence-corrected chi connectivity index (χ4v) is 4.53. The van der Waals surface area contributed by atoms with E-state index in [0.29, 0.717) is 5.54 Å². The van der Waals surface area contributed by atoms with E-state index in [1.807, 2.05) is 0 Å². The highest BCUT2D eigenvalue weighted by Gasteiger charge is 2.47. The average Bonchev–Trinajstić information content (AvgIpc) is 2.75. The summed E-state index contributed by atoms with van der Waals surface area (Å²) in [4.78, 5) is 2.77. The number of nitrogens with two attached hydrogens (primary N) is 1. The Morgan fingerprint density at radius 2 is 2.00 bits per heavy atom. The summed E-state index contributed by atoms with van der Waals surface area (Å²) in [7, 11) is 0. The van der Waals surface area contributed by atoms with Crippen LogP contribution in [0.5, 0.6) is 0 Å². The van der Waals surface area contributed by atoms with Crippen LogP contribution in [0.1, 0.15) is 59.3 Å². The van der Waals surface area contributed by atoms with E-state index in [0.717, 1.165) is 24.4 Å². The summed E-state index contributed by atoms with van der Waals surface area (Å²) in [5.41, 5.74) is 6.59. The van der Waals surface area contributed by atoms with Gasteiger partial charge in [0.25, 0.3) is 0 Å². The number of nitrogens with zero attached hydrogens (tertiary/aromatic N) is 1. The maximum atomic E-state index is 6.27. The van der Waals surface area contributed by atoms with Crippen molar-refractivity contribution in [3.8, 4) is 0 Å². The van der Waals surface area contributed by atoms with Crippen LogP contribution >= 0.6 is 0 Å². The van der Waals surface area contributed by atoms with E-state index in [2.05, 4.69) is 25.7 Å². The van der Waals surface area contributed by atoms with E-state index >= 15 is 0 Å². The highest BCUT2D eigenvalue weighted by molar-refractivity contribution is 5.03. The van der Waals surface area contributed by atoms with Crippen LogP contribution in [0.2, 0.25) is 0 Å². The summed E-state index contributed by atoms with van der Waals surface area (Å²) in [6.07, 6.45) is 8.24. The molecule has 1 aliphatic heterocycles. The third-order valence-electron chi connectivity index (χ3n) is 5.35. The molecule has 1 saturated carbocycles. The van der Waals surface area contributed by atoms with Crippen molar-refractivity contribution in [2.24, 2.45) is 17.6 Å². The molecule has 100 valence electrons. The topological polar surface area (TPSA) is 29.3 Å². The Hall–Kier alpha value is -0.0800. The fraction of sp³-hybridized carbons (Fsp3) is 1.00. The van der Waals surface area contributed by atoms with E-state index in [4.69, 9.17) is 5.73 Å². The molecule has 0 aromatic rings. The van der Waals surface area contributed by atoms with Gasteiger partial charge in [-0.2, -0.15) is 0 Å². The molecule has 2 fully saturated rings. The van der Waals surface area contributed by atoms with E-state index in [9.17, 15) is 0 Å². The normalized spacial score (nSPS) is 40.1. The molecule has 1 saturated heterocycles. The van der Waals surface area contributed by atoms with E-state index in [1.54, 1.807) is 0 Å². The Morgan fingerprint density at radius 1 is 1.24 bits per heavy atom. The van der Waals surface area contributed by atoms with Gasteiger partial charge in [-0.3, -0.25) is 4.90 Å². The van der Waals surface area contributed by atoms with Crippen molar-refractivity contribution in [1.29, 1.82) is 0 Å². The highest BCUT2D eigenvalue weighted by atomic mass is 15.3. The summed E-state index contributed by atoms with van der Waals surface area (Å²) in [6, 6.07) is 0.748. The molecule has 0 aromatic carbocycles. The molecule has 1 aliphatic carbocycles. The first-order valence-corrected chi connectivity index (χ1v) is 7.58. The predicted molar refractivity (Wildman–Crippen MR) is 74.0 cm³/mol. The summed E-state index contributed by atoms with van der Waals surface area (Å²) >= 11 is 0. The molecule has 2 N–H and O–H groups in total. The first-order chi connectivity index (χ1) is 8.12. The third-order valence-corrected chi connectivity index (χ3v) is 5.35. The molecule has 2 rings (SSSR count). The minimum absolute atomic E-state index is 0.322. The SMILES string of the molecule is CC(C)C1CCCCC1(CN)N1CCCC1C. The molecule has 0 aromatic heterocycles. The molecule has 0 spiro atoms. The van der Waals surface area contributed by atoms with Gasteiger partial charge >= 0.3 is 0 Å². The van der Waals surface area contributed by atoms with Gasteiger partial charge in [0.1, 0.15) is 0 Å². The lowest BCUT2D eigenvalue weighted by Gasteiger charge is -2.53. The van der Waals surface area contributed by atoms with Crippen LogP contribution in [-0.4, -0.2) is 29.6 Å². The molecule has 0 bridgehead atoms. The van der Waals surface area contributed by atoms with Crippen molar-refractivity contribution < 1.29 is 0 Å². The molecule has 17 heavy (non-hydrogen) atoms. The van der Waals surface area contributed by atoms with Crippen molar-refractivity contribution >= 4 is 0 Å². The van der Waals surface area contributed by atoms with Gasteiger partial charge < -0.3 is 5.73 Å². The van der Waals surface area contributed by atoms with Gasteiger partial charge in [-0.15, -0.1) is 0 Å². The minimum atomic E-state index is 0.322. The largest absolute Gasteiger partial charge is 0.329 e. The van der Waals surface area contributed by atoms with Gasteiger partial charge in [0.15, 0.2) is 0 Å². The van der Waals surface area contributed by atoms with Crippen molar-refractivity contribution in [1.82, 2.24) is 4.90 Å². The summed E-state index contributed by atoms with van der Waals surface area (Å²) < 4.78 is 0. The highest BCUT2D eigenvalue weighted by Crippen LogP contribution is 2.44. The first-order valence-electron chi connectivity index (χ1n) is 7.58. The van der Waals surface area contributed by atoms with Gasteiger partial charge in [-0.05, 0) is 51.0 Å². The number of rotatable bonds is 3. The van der Waals surface area contributed by atoms with Crippen LogP contribution < -0.4 is 5.73 Å². The number of likely N-dealkylation sites (tertiary alicyclic amines) is 1. The Kier molecular flexibility index (Phi) is 4.14. The standard InChI is InChI=1S/C15H30N2/c1-12(2)14-8-4-5-9-15(14,11-16)17-10-6-7-13(17)3/h12-14H,4-11,16H2,1-3H3. The zero-order chi connectivity index (χ0) is 12.5. The Morgan fingerprint density at radius 3 is 2.53 bits per heavy atom. The molecule has 1 heterocycles. The smallest absolute Gasteiger partial charge is 0.0365 e. The maximum Gasteiger partial charge on any atom is 0.0365 e. The minimum Gasteiger partial charge on any atom is -0.329 e. The Bertz CT molecular complexity index is 247. The molecular formula is C15H30N2. The third kappa shape index (κ3) is 2.26. The Balaban J connectivity index is 2.25. The maximum absolute atomic E-state index is 6.27. The van der Waals surface area contributed by atoms with Crippen molar-refractivity contribution in [3.05, 3.63) is 0 Å². The van der Waals surface area contributed by atoms with Gasteiger partial charge in [0.2, 0.25) is 0 Å². The zero-order valence-electron chi connectivity index (χ0n) is 11.9. The molecule has 3 unspecified atom stereocenters. The van der Waals surface area contributed by atoms with E-state index in [-0.39, 0.29) is 0 Å². The zero-order valence-corrected chi connectivity index (χ0v) is 11.9. The molecule has 3 atom stereocenters. The summed E-state index contributed by atoms with van der Waals surface area (Å²) in [5.74, 6) is 1.58. The quantitative estimate of drug-likeness (QED) is 0.819. The number of hydrogen-bond donors (Lipinski definition) is 1. The summed E-state index contributed by atoms with van der Waals surface area (Å²) in [5, 5.41) is 0. The average molecular weight is 238 g/mol. The molecule has 2 nitrogen and oxygen atoms in total. The van der Waals surface area contributed by atoms with Crippen molar-refractivity contribution in [3.63, 3.8) is 0 Å². The van der Waals surface area contributed by atoms with E-state index in [1.165, 1.54) is 45.1 Å². The van der Waals surface area contributed by atoms with E-state index < -0.39 is 0 Å². The number of hydrogen-bond acceptors (Lipinski definition) is 2. The van der Waals surface area contributed by atoms with Crippen molar-refractivity contribution in [2.45, 2.75) is 70.9 Å². The monoisotopic (exact) mass is 238 g/mol. The van der Waals surface area contributed by atoms with Crippen LogP contribution in [-0.2, 0) is 0 Å². The van der Waals surface area contributed by atoms with Gasteiger partial charge in [-0.1, -0.05) is 26.7 Å². The molecule has 2 aliphatic rings. The molecule has 0 amide bonds.